The van der Waals surface area contributed by atoms with Crippen LogP contribution in [-0.2, 0) is 4.84 Å². The number of nitrogens with zero attached hydrogens (tertiary/aromatic N) is 1. The second kappa shape index (κ2) is 6.81. The maximum Gasteiger partial charge on any atom is 0.251 e. The summed E-state index contributed by atoms with van der Waals surface area (Å²) in [6, 6.07) is 7.46. The van der Waals surface area contributed by atoms with Crippen LogP contribution in [0.3, 0.4) is 0 Å². The smallest absolute Gasteiger partial charge is 0.251 e. The van der Waals surface area contributed by atoms with Crippen LogP contribution in [0, 0.1) is 23.2 Å². The second-order valence-corrected chi connectivity index (χ2v) is 8.46. The summed E-state index contributed by atoms with van der Waals surface area (Å²) in [4.78, 5) is 17.1. The topological polar surface area (TPSA) is 50.7 Å². The Hall–Kier alpha value is -1.84. The molecule has 0 aromatic heterocycles. The molecule has 0 aliphatic heterocycles. The Bertz CT molecular complexity index is 615. The number of carbonyl (C=O) groups excluding carboxylic acids is 1. The molecule has 25 heavy (non-hydrogen) atoms. The van der Waals surface area contributed by atoms with E-state index in [0.717, 1.165) is 36.3 Å². The van der Waals surface area contributed by atoms with Crippen molar-refractivity contribution in [2.45, 2.75) is 44.9 Å². The predicted octanol–water partition coefficient (Wildman–Crippen LogP) is 4.00. The van der Waals surface area contributed by atoms with Gasteiger partial charge in [-0.05, 0) is 85.8 Å². The van der Waals surface area contributed by atoms with E-state index in [1.54, 1.807) is 6.21 Å². The van der Waals surface area contributed by atoms with Crippen LogP contribution in [0.4, 0.5) is 0 Å². The van der Waals surface area contributed by atoms with Gasteiger partial charge < -0.3 is 10.2 Å². The fourth-order valence-corrected chi connectivity index (χ4v) is 5.97. The van der Waals surface area contributed by atoms with Gasteiger partial charge in [-0.25, -0.2) is 0 Å². The molecular formula is C21H28N2O2. The molecule has 0 heterocycles. The molecule has 1 aromatic rings. The average Bonchev–Trinajstić information content (AvgIpc) is 2.59. The summed E-state index contributed by atoms with van der Waals surface area (Å²) in [5, 5.41) is 6.87. The lowest BCUT2D eigenvalue weighted by Crippen LogP contribution is -2.47. The first-order valence-corrected chi connectivity index (χ1v) is 9.61. The van der Waals surface area contributed by atoms with E-state index in [4.69, 9.17) is 0 Å². The van der Waals surface area contributed by atoms with Gasteiger partial charge in [0.1, 0.15) is 7.11 Å². The van der Waals surface area contributed by atoms with Crippen LogP contribution >= 0.6 is 0 Å². The fourth-order valence-electron chi connectivity index (χ4n) is 5.97. The van der Waals surface area contributed by atoms with Gasteiger partial charge in [-0.1, -0.05) is 17.3 Å². The van der Waals surface area contributed by atoms with E-state index in [0.29, 0.717) is 11.0 Å². The molecule has 4 saturated carbocycles. The molecule has 0 atom stereocenters. The lowest BCUT2D eigenvalue weighted by molar-refractivity contribution is -0.0564. The highest BCUT2D eigenvalue weighted by Gasteiger charge is 2.50. The molecule has 4 heteroatoms. The molecule has 4 aliphatic carbocycles. The summed E-state index contributed by atoms with van der Waals surface area (Å²) in [7, 11) is 1.52. The molecule has 4 nitrogen and oxygen atoms in total. The van der Waals surface area contributed by atoms with E-state index in [-0.39, 0.29) is 5.91 Å². The number of benzene rings is 1. The van der Waals surface area contributed by atoms with E-state index in [1.807, 2.05) is 24.3 Å². The minimum atomic E-state index is 0.0277. The van der Waals surface area contributed by atoms with Crippen LogP contribution in [0.2, 0.25) is 0 Å². The van der Waals surface area contributed by atoms with Crippen molar-refractivity contribution < 1.29 is 9.63 Å². The van der Waals surface area contributed by atoms with Gasteiger partial charge in [0, 0.05) is 12.1 Å². The number of hydrogen-bond donors (Lipinski definition) is 1. The van der Waals surface area contributed by atoms with Crippen LogP contribution in [0.25, 0.3) is 0 Å². The van der Waals surface area contributed by atoms with Crippen molar-refractivity contribution >= 4 is 12.1 Å². The van der Waals surface area contributed by atoms with E-state index in [9.17, 15) is 4.79 Å². The second-order valence-electron chi connectivity index (χ2n) is 8.46. The molecule has 1 aromatic carbocycles. The van der Waals surface area contributed by atoms with E-state index in [1.165, 1.54) is 45.6 Å². The fraction of sp³-hybridized carbons (Fsp3) is 0.619. The Morgan fingerprint density at radius 2 is 1.76 bits per heavy atom. The largest absolute Gasteiger partial charge is 0.399 e. The lowest BCUT2D eigenvalue weighted by atomic mass is 9.49. The summed E-state index contributed by atoms with van der Waals surface area (Å²) >= 11 is 0. The zero-order valence-corrected chi connectivity index (χ0v) is 15.0. The summed E-state index contributed by atoms with van der Waals surface area (Å²) in [5.41, 5.74) is 2.16. The van der Waals surface area contributed by atoms with Gasteiger partial charge in [0.25, 0.3) is 5.91 Å². The molecule has 4 fully saturated rings. The molecule has 4 bridgehead atoms. The predicted molar refractivity (Wildman–Crippen MR) is 98.6 cm³/mol. The number of nitrogens with one attached hydrogen (secondary N) is 1. The van der Waals surface area contributed by atoms with Crippen LogP contribution in [-0.4, -0.2) is 25.8 Å². The molecule has 1 amide bonds. The first kappa shape index (κ1) is 16.6. The van der Waals surface area contributed by atoms with E-state index < -0.39 is 0 Å². The Balaban J connectivity index is 1.30. The Kier molecular flexibility index (Phi) is 4.53. The van der Waals surface area contributed by atoms with Gasteiger partial charge in [-0.15, -0.1) is 0 Å². The van der Waals surface area contributed by atoms with Crippen molar-refractivity contribution in [1.82, 2.24) is 5.32 Å². The van der Waals surface area contributed by atoms with Crippen LogP contribution in [0.1, 0.15) is 60.9 Å². The quantitative estimate of drug-likeness (QED) is 0.628. The number of hydrogen-bond acceptors (Lipinski definition) is 3. The van der Waals surface area contributed by atoms with Crippen molar-refractivity contribution in [3.63, 3.8) is 0 Å². The highest BCUT2D eigenvalue weighted by molar-refractivity contribution is 5.95. The standard InChI is InChI=1S/C21H28N2O2/c1-25-23-14-15-2-4-19(5-3-15)20(24)22-7-6-21-11-16-8-17(12-21)10-18(9-16)13-21/h2-5,14,16-18H,6-13H2,1H3,(H,22,24)/b23-14+. The molecule has 4 aliphatic rings. The molecule has 1 N–H and O–H groups in total. The highest BCUT2D eigenvalue weighted by Crippen LogP contribution is 2.61. The van der Waals surface area contributed by atoms with Gasteiger partial charge in [0.05, 0.1) is 6.21 Å². The Labute approximate surface area is 150 Å². The van der Waals surface area contributed by atoms with Gasteiger partial charge in [0.2, 0.25) is 0 Å². The molecular weight excluding hydrogens is 312 g/mol. The minimum Gasteiger partial charge on any atom is -0.399 e. The summed E-state index contributed by atoms with van der Waals surface area (Å²) in [6.45, 7) is 0.803. The zero-order chi connectivity index (χ0) is 17.3. The average molecular weight is 340 g/mol. The van der Waals surface area contributed by atoms with Crippen LogP contribution < -0.4 is 5.32 Å². The van der Waals surface area contributed by atoms with Crippen molar-refractivity contribution in [3.8, 4) is 0 Å². The first-order chi connectivity index (χ1) is 12.2. The SMILES string of the molecule is CO/N=C/c1ccc(C(=O)NCCC23CC4CC(CC(C4)C2)C3)cc1. The third-order valence-electron chi connectivity index (χ3n) is 6.59. The lowest BCUT2D eigenvalue weighted by Gasteiger charge is -2.57. The summed E-state index contributed by atoms with van der Waals surface area (Å²) in [5.74, 6) is 2.95. The maximum atomic E-state index is 12.4. The number of carbonyl (C=O) groups is 1. The molecule has 0 spiro atoms. The number of oxime groups is 1. The summed E-state index contributed by atoms with van der Waals surface area (Å²) < 4.78 is 0. The van der Waals surface area contributed by atoms with E-state index in [2.05, 4.69) is 15.3 Å². The molecule has 0 saturated heterocycles. The zero-order valence-electron chi connectivity index (χ0n) is 15.0. The Morgan fingerprint density at radius 1 is 1.16 bits per heavy atom. The van der Waals surface area contributed by atoms with Gasteiger partial charge in [0.15, 0.2) is 0 Å². The normalized spacial score (nSPS) is 32.9. The van der Waals surface area contributed by atoms with Gasteiger partial charge in [-0.3, -0.25) is 4.79 Å². The minimum absolute atomic E-state index is 0.0277. The van der Waals surface area contributed by atoms with Crippen molar-refractivity contribution in [2.75, 3.05) is 13.7 Å². The Morgan fingerprint density at radius 3 is 2.32 bits per heavy atom. The monoisotopic (exact) mass is 340 g/mol. The van der Waals surface area contributed by atoms with Crippen LogP contribution in [0.15, 0.2) is 29.4 Å². The van der Waals surface area contributed by atoms with E-state index >= 15 is 0 Å². The molecule has 0 radical (unpaired) electrons. The highest BCUT2D eigenvalue weighted by atomic mass is 16.6. The molecule has 134 valence electrons. The molecule has 5 rings (SSSR count). The third-order valence-corrected chi connectivity index (χ3v) is 6.59. The molecule has 0 unspecified atom stereocenters. The number of amides is 1. The summed E-state index contributed by atoms with van der Waals surface area (Å²) in [6.07, 6.45) is 11.4. The van der Waals surface area contributed by atoms with Gasteiger partial charge >= 0.3 is 0 Å². The van der Waals surface area contributed by atoms with Crippen molar-refractivity contribution in [3.05, 3.63) is 35.4 Å². The van der Waals surface area contributed by atoms with Crippen LogP contribution in [0.5, 0.6) is 0 Å². The third kappa shape index (κ3) is 3.58. The van der Waals surface area contributed by atoms with Crippen molar-refractivity contribution in [2.24, 2.45) is 28.3 Å². The maximum absolute atomic E-state index is 12.4. The number of rotatable bonds is 6. The van der Waals surface area contributed by atoms with Crippen molar-refractivity contribution in [1.29, 1.82) is 0 Å². The van der Waals surface area contributed by atoms with Gasteiger partial charge in [-0.2, -0.15) is 0 Å². The first-order valence-electron chi connectivity index (χ1n) is 9.61.